The molecule has 0 radical (unpaired) electrons. The predicted octanol–water partition coefficient (Wildman–Crippen LogP) is 2.75. The van der Waals surface area contributed by atoms with E-state index < -0.39 is 12.0 Å². The summed E-state index contributed by atoms with van der Waals surface area (Å²) in [6.45, 7) is 2.98. The molecule has 20 heavy (non-hydrogen) atoms. The highest BCUT2D eigenvalue weighted by molar-refractivity contribution is 5.73. The van der Waals surface area contributed by atoms with E-state index in [0.29, 0.717) is 6.42 Å². The fourth-order valence-electron chi connectivity index (χ4n) is 2.22. The molecule has 114 valence electrons. The van der Waals surface area contributed by atoms with Crippen molar-refractivity contribution >= 4 is 5.97 Å². The molecule has 0 bridgehead atoms. The standard InChI is InChI=1S/C15H27N3O2/c1-2-3-4-5-6-7-8-9-17-14(15(19)20)10-13-11-16-12-18-13/h11-12,14,17H,2-10H2,1H3,(H,16,18)(H,19,20). The Kier molecular flexibility index (Phi) is 8.71. The Labute approximate surface area is 121 Å². The quantitative estimate of drug-likeness (QED) is 0.515. The van der Waals surface area contributed by atoms with Gasteiger partial charge in [0.25, 0.3) is 0 Å². The van der Waals surface area contributed by atoms with E-state index in [1.807, 2.05) is 0 Å². The van der Waals surface area contributed by atoms with Crippen LogP contribution in [0.1, 0.15) is 57.6 Å². The zero-order chi connectivity index (χ0) is 14.6. The van der Waals surface area contributed by atoms with Crippen LogP contribution < -0.4 is 5.32 Å². The number of carboxylic acids is 1. The van der Waals surface area contributed by atoms with Gasteiger partial charge in [0.2, 0.25) is 0 Å². The molecule has 5 nitrogen and oxygen atoms in total. The molecule has 3 N–H and O–H groups in total. The van der Waals surface area contributed by atoms with Crippen LogP contribution in [0.15, 0.2) is 12.5 Å². The monoisotopic (exact) mass is 281 g/mol. The lowest BCUT2D eigenvalue weighted by Crippen LogP contribution is -2.39. The van der Waals surface area contributed by atoms with Gasteiger partial charge in [0, 0.05) is 18.3 Å². The van der Waals surface area contributed by atoms with Crippen LogP contribution in [0, 0.1) is 0 Å². The number of aliphatic carboxylic acids is 1. The van der Waals surface area contributed by atoms with E-state index in [-0.39, 0.29) is 0 Å². The van der Waals surface area contributed by atoms with Crippen molar-refractivity contribution in [1.82, 2.24) is 15.3 Å². The van der Waals surface area contributed by atoms with Crippen LogP contribution in [0.5, 0.6) is 0 Å². The molecule has 0 aliphatic carbocycles. The van der Waals surface area contributed by atoms with E-state index in [9.17, 15) is 9.90 Å². The van der Waals surface area contributed by atoms with E-state index >= 15 is 0 Å². The van der Waals surface area contributed by atoms with Crippen molar-refractivity contribution < 1.29 is 9.90 Å². The maximum absolute atomic E-state index is 11.2. The molecule has 1 heterocycles. The van der Waals surface area contributed by atoms with Crippen molar-refractivity contribution in [1.29, 1.82) is 0 Å². The largest absolute Gasteiger partial charge is 0.480 e. The van der Waals surface area contributed by atoms with Crippen molar-refractivity contribution in [2.24, 2.45) is 0 Å². The van der Waals surface area contributed by atoms with Crippen LogP contribution >= 0.6 is 0 Å². The predicted molar refractivity (Wildman–Crippen MR) is 79.7 cm³/mol. The Morgan fingerprint density at radius 2 is 2.00 bits per heavy atom. The van der Waals surface area contributed by atoms with Gasteiger partial charge in [-0.2, -0.15) is 0 Å². The number of hydrogen-bond donors (Lipinski definition) is 3. The SMILES string of the molecule is CCCCCCCCCNC(Cc1cnc[nH]1)C(=O)O. The number of aromatic amines is 1. The molecular weight excluding hydrogens is 254 g/mol. The van der Waals surface area contributed by atoms with Crippen LogP contribution in [-0.2, 0) is 11.2 Å². The average molecular weight is 281 g/mol. The fourth-order valence-corrected chi connectivity index (χ4v) is 2.22. The normalized spacial score (nSPS) is 12.4. The second-order valence-corrected chi connectivity index (χ2v) is 5.25. The van der Waals surface area contributed by atoms with Crippen molar-refractivity contribution in [2.75, 3.05) is 6.54 Å². The number of carboxylic acid groups (broad SMARTS) is 1. The summed E-state index contributed by atoms with van der Waals surface area (Å²) in [7, 11) is 0. The van der Waals surface area contributed by atoms with E-state index in [2.05, 4.69) is 22.2 Å². The maximum Gasteiger partial charge on any atom is 0.321 e. The first kappa shape index (κ1) is 16.7. The molecule has 5 heteroatoms. The minimum Gasteiger partial charge on any atom is -0.480 e. The van der Waals surface area contributed by atoms with Crippen molar-refractivity contribution in [3.05, 3.63) is 18.2 Å². The molecule has 0 spiro atoms. The van der Waals surface area contributed by atoms with E-state index in [0.717, 1.165) is 18.7 Å². The number of unbranched alkanes of at least 4 members (excludes halogenated alkanes) is 6. The third kappa shape index (κ3) is 7.28. The number of carbonyl (C=O) groups is 1. The molecule has 0 fully saturated rings. The van der Waals surface area contributed by atoms with Crippen LogP contribution in [-0.4, -0.2) is 33.6 Å². The van der Waals surface area contributed by atoms with Gasteiger partial charge < -0.3 is 15.4 Å². The highest BCUT2D eigenvalue weighted by atomic mass is 16.4. The highest BCUT2D eigenvalue weighted by Crippen LogP contribution is 2.06. The Balaban J connectivity index is 2.09. The summed E-state index contributed by atoms with van der Waals surface area (Å²) in [6.07, 6.45) is 12.4. The lowest BCUT2D eigenvalue weighted by molar-refractivity contribution is -0.139. The van der Waals surface area contributed by atoms with Gasteiger partial charge in [-0.3, -0.25) is 4.79 Å². The van der Waals surface area contributed by atoms with Crippen molar-refractivity contribution in [3.63, 3.8) is 0 Å². The fraction of sp³-hybridized carbons (Fsp3) is 0.733. The minimum absolute atomic E-state index is 0.450. The molecule has 0 aromatic carbocycles. The first-order valence-corrected chi connectivity index (χ1v) is 7.67. The summed E-state index contributed by atoms with van der Waals surface area (Å²) >= 11 is 0. The zero-order valence-corrected chi connectivity index (χ0v) is 12.4. The van der Waals surface area contributed by atoms with Crippen molar-refractivity contribution in [2.45, 2.75) is 64.3 Å². The van der Waals surface area contributed by atoms with Gasteiger partial charge in [0.15, 0.2) is 0 Å². The number of H-pyrrole nitrogens is 1. The summed E-state index contributed by atoms with van der Waals surface area (Å²) in [6, 6.07) is -0.532. The Bertz CT molecular complexity index is 352. The number of nitrogens with zero attached hydrogens (tertiary/aromatic N) is 1. The van der Waals surface area contributed by atoms with E-state index in [4.69, 9.17) is 0 Å². The number of imidazole rings is 1. The molecule has 1 aromatic rings. The maximum atomic E-state index is 11.2. The smallest absolute Gasteiger partial charge is 0.321 e. The van der Waals surface area contributed by atoms with Gasteiger partial charge in [0.05, 0.1) is 6.33 Å². The molecule has 0 amide bonds. The minimum atomic E-state index is -0.803. The molecule has 1 atom stereocenters. The molecule has 1 aromatic heterocycles. The second kappa shape index (κ2) is 10.4. The summed E-state index contributed by atoms with van der Waals surface area (Å²) in [5.74, 6) is -0.803. The first-order chi connectivity index (χ1) is 9.74. The summed E-state index contributed by atoms with van der Waals surface area (Å²) in [4.78, 5) is 18.0. The van der Waals surface area contributed by atoms with Gasteiger partial charge in [-0.1, -0.05) is 45.4 Å². The number of aromatic nitrogens is 2. The van der Waals surface area contributed by atoms with E-state index in [1.54, 1.807) is 12.5 Å². The van der Waals surface area contributed by atoms with Crippen LogP contribution in [0.4, 0.5) is 0 Å². The number of rotatable bonds is 12. The number of hydrogen-bond acceptors (Lipinski definition) is 3. The molecule has 0 aliphatic heterocycles. The highest BCUT2D eigenvalue weighted by Gasteiger charge is 2.17. The molecule has 0 saturated heterocycles. The lowest BCUT2D eigenvalue weighted by atomic mass is 10.1. The van der Waals surface area contributed by atoms with Gasteiger partial charge in [-0.05, 0) is 13.0 Å². The zero-order valence-electron chi connectivity index (χ0n) is 12.4. The van der Waals surface area contributed by atoms with Gasteiger partial charge in [-0.25, -0.2) is 4.98 Å². The Morgan fingerprint density at radius 1 is 1.30 bits per heavy atom. The third-order valence-corrected chi connectivity index (χ3v) is 3.45. The summed E-state index contributed by atoms with van der Waals surface area (Å²) < 4.78 is 0. The van der Waals surface area contributed by atoms with Crippen LogP contribution in [0.2, 0.25) is 0 Å². The van der Waals surface area contributed by atoms with Gasteiger partial charge in [0.1, 0.15) is 6.04 Å². The summed E-state index contributed by atoms with van der Waals surface area (Å²) in [5, 5.41) is 12.3. The average Bonchev–Trinajstić information content (AvgIpc) is 2.93. The summed E-state index contributed by atoms with van der Waals surface area (Å²) in [5.41, 5.74) is 0.851. The molecule has 0 saturated carbocycles. The van der Waals surface area contributed by atoms with Crippen LogP contribution in [0.25, 0.3) is 0 Å². The van der Waals surface area contributed by atoms with Gasteiger partial charge >= 0.3 is 5.97 Å². The second-order valence-electron chi connectivity index (χ2n) is 5.25. The Morgan fingerprint density at radius 3 is 2.60 bits per heavy atom. The molecule has 1 unspecified atom stereocenters. The third-order valence-electron chi connectivity index (χ3n) is 3.45. The number of nitrogens with one attached hydrogen (secondary N) is 2. The van der Waals surface area contributed by atoms with Crippen LogP contribution in [0.3, 0.4) is 0 Å². The van der Waals surface area contributed by atoms with E-state index in [1.165, 1.54) is 38.5 Å². The van der Waals surface area contributed by atoms with Crippen molar-refractivity contribution in [3.8, 4) is 0 Å². The molecule has 0 aliphatic rings. The first-order valence-electron chi connectivity index (χ1n) is 7.67. The lowest BCUT2D eigenvalue weighted by Gasteiger charge is -2.13. The van der Waals surface area contributed by atoms with Gasteiger partial charge in [-0.15, -0.1) is 0 Å². The molecule has 1 rings (SSSR count). The topological polar surface area (TPSA) is 78.0 Å². The Hall–Kier alpha value is -1.36. The molecular formula is C15H27N3O2.